The zero-order chi connectivity index (χ0) is 14.9. The van der Waals surface area contributed by atoms with Crippen LogP contribution in [0.4, 0.5) is 5.69 Å². The molecule has 1 saturated carbocycles. The summed E-state index contributed by atoms with van der Waals surface area (Å²) < 4.78 is 31.5. The minimum atomic E-state index is -3.69. The van der Waals surface area contributed by atoms with Crippen molar-refractivity contribution in [2.75, 3.05) is 5.32 Å². The lowest BCUT2D eigenvalue weighted by molar-refractivity contribution is 0.0991. The second kappa shape index (κ2) is 5.30. The fourth-order valence-corrected chi connectivity index (χ4v) is 2.93. The summed E-state index contributed by atoms with van der Waals surface area (Å²) in [4.78, 5) is 15.8. The van der Waals surface area contributed by atoms with E-state index in [1.54, 1.807) is 12.1 Å². The van der Waals surface area contributed by atoms with Gasteiger partial charge in [-0.15, -0.1) is 0 Å². The van der Waals surface area contributed by atoms with Crippen LogP contribution in [-0.4, -0.2) is 25.4 Å². The van der Waals surface area contributed by atoms with Gasteiger partial charge < -0.3 is 9.73 Å². The number of nitrogens with zero attached hydrogens (tertiary/aromatic N) is 1. The van der Waals surface area contributed by atoms with Gasteiger partial charge in [-0.3, -0.25) is 9.78 Å². The number of carbonyl (C=O) groups excluding carboxylic acids is 1. The Balaban J connectivity index is 1.73. The molecule has 1 amide bonds. The maximum Gasteiger partial charge on any atom is 0.291 e. The molecule has 21 heavy (non-hydrogen) atoms. The van der Waals surface area contributed by atoms with Crippen molar-refractivity contribution in [2.24, 2.45) is 0 Å². The normalized spacial score (nSPS) is 14.9. The number of carbonyl (C=O) groups is 1. The van der Waals surface area contributed by atoms with Crippen LogP contribution >= 0.6 is 0 Å². The molecule has 2 aromatic heterocycles. The van der Waals surface area contributed by atoms with Crippen LogP contribution in [0.5, 0.6) is 0 Å². The first kappa shape index (κ1) is 13.8. The summed E-state index contributed by atoms with van der Waals surface area (Å²) in [5.74, 6) is -0.586. The summed E-state index contributed by atoms with van der Waals surface area (Å²) in [5.41, 5.74) is 0.548. The monoisotopic (exact) mass is 307 g/mol. The van der Waals surface area contributed by atoms with Gasteiger partial charge in [0, 0.05) is 24.1 Å². The average molecular weight is 307 g/mol. The van der Waals surface area contributed by atoms with Crippen molar-refractivity contribution in [2.45, 2.75) is 24.0 Å². The highest BCUT2D eigenvalue weighted by atomic mass is 32.2. The van der Waals surface area contributed by atoms with Crippen molar-refractivity contribution in [3.8, 4) is 0 Å². The van der Waals surface area contributed by atoms with Crippen LogP contribution in [-0.2, 0) is 10.0 Å². The molecule has 0 radical (unpaired) electrons. The van der Waals surface area contributed by atoms with Crippen molar-refractivity contribution >= 4 is 21.6 Å². The smallest absolute Gasteiger partial charge is 0.291 e. The number of hydrogen-bond acceptors (Lipinski definition) is 5. The molecule has 0 aliphatic heterocycles. The topological polar surface area (TPSA) is 101 Å². The average Bonchev–Trinajstić information content (AvgIpc) is 3.10. The number of amides is 1. The summed E-state index contributed by atoms with van der Waals surface area (Å²) in [5, 5.41) is 2.33. The van der Waals surface area contributed by atoms with Gasteiger partial charge in [0.15, 0.2) is 5.76 Å². The van der Waals surface area contributed by atoms with Crippen molar-refractivity contribution in [1.82, 2.24) is 9.71 Å². The van der Waals surface area contributed by atoms with E-state index in [0.29, 0.717) is 5.69 Å². The molecular formula is C13H13N3O4S. The van der Waals surface area contributed by atoms with Crippen LogP contribution in [0.3, 0.4) is 0 Å². The van der Waals surface area contributed by atoms with E-state index in [2.05, 4.69) is 15.0 Å². The van der Waals surface area contributed by atoms with Crippen LogP contribution in [0.25, 0.3) is 0 Å². The SMILES string of the molecule is O=C(Nc1ccncc1)c1ccc(S(=O)(=O)NC2CC2)o1. The van der Waals surface area contributed by atoms with Crippen LogP contribution < -0.4 is 10.0 Å². The fraction of sp³-hybridized carbons (Fsp3) is 0.231. The summed E-state index contributed by atoms with van der Waals surface area (Å²) in [6.07, 6.45) is 4.73. The summed E-state index contributed by atoms with van der Waals surface area (Å²) in [6.45, 7) is 0. The lowest BCUT2D eigenvalue weighted by atomic mass is 10.3. The van der Waals surface area contributed by atoms with E-state index >= 15 is 0 Å². The Bertz CT molecular complexity index is 751. The van der Waals surface area contributed by atoms with E-state index in [1.165, 1.54) is 24.5 Å². The lowest BCUT2D eigenvalue weighted by Gasteiger charge is -2.03. The van der Waals surface area contributed by atoms with E-state index in [0.717, 1.165) is 12.8 Å². The second-order valence-corrected chi connectivity index (χ2v) is 6.35. The Hall–Kier alpha value is -2.19. The van der Waals surface area contributed by atoms with Crippen molar-refractivity contribution in [3.63, 3.8) is 0 Å². The molecule has 1 aliphatic rings. The first-order valence-corrected chi connectivity index (χ1v) is 7.86. The van der Waals surface area contributed by atoms with E-state index in [-0.39, 0.29) is 16.9 Å². The van der Waals surface area contributed by atoms with E-state index in [4.69, 9.17) is 4.42 Å². The Kier molecular flexibility index (Phi) is 3.48. The zero-order valence-electron chi connectivity index (χ0n) is 10.9. The van der Waals surface area contributed by atoms with E-state index in [1.807, 2.05) is 0 Å². The summed E-state index contributed by atoms with van der Waals surface area (Å²) in [6, 6.07) is 5.82. The third kappa shape index (κ3) is 3.29. The van der Waals surface area contributed by atoms with Gasteiger partial charge in [-0.25, -0.2) is 13.1 Å². The molecule has 2 aromatic rings. The standard InChI is InChI=1S/C13H13N3O4S/c17-13(15-9-5-7-14-8-6-9)11-3-4-12(20-11)21(18,19)16-10-1-2-10/h3-8,10,16H,1-2H2,(H,14,15,17). The molecule has 1 aliphatic carbocycles. The van der Waals surface area contributed by atoms with Gasteiger partial charge >= 0.3 is 0 Å². The quantitative estimate of drug-likeness (QED) is 0.868. The van der Waals surface area contributed by atoms with Gasteiger partial charge in [0.2, 0.25) is 5.09 Å². The lowest BCUT2D eigenvalue weighted by Crippen LogP contribution is -2.25. The number of aromatic nitrogens is 1. The number of anilines is 1. The van der Waals surface area contributed by atoms with Gasteiger partial charge in [0.1, 0.15) is 0 Å². The largest absolute Gasteiger partial charge is 0.438 e. The molecule has 0 aromatic carbocycles. The highest BCUT2D eigenvalue weighted by molar-refractivity contribution is 7.89. The molecule has 7 nitrogen and oxygen atoms in total. The van der Waals surface area contributed by atoms with Crippen LogP contribution in [0.1, 0.15) is 23.4 Å². The molecule has 0 saturated heterocycles. The Labute approximate surface area is 121 Å². The molecule has 8 heteroatoms. The number of sulfonamides is 1. The molecule has 110 valence electrons. The van der Waals surface area contributed by atoms with Gasteiger partial charge in [0.25, 0.3) is 15.9 Å². The summed E-state index contributed by atoms with van der Waals surface area (Å²) >= 11 is 0. The highest BCUT2D eigenvalue weighted by Crippen LogP contribution is 2.23. The van der Waals surface area contributed by atoms with Crippen molar-refractivity contribution in [3.05, 3.63) is 42.4 Å². The van der Waals surface area contributed by atoms with E-state index in [9.17, 15) is 13.2 Å². The third-order valence-electron chi connectivity index (χ3n) is 2.91. The number of furan rings is 1. The number of hydrogen-bond donors (Lipinski definition) is 2. The van der Waals surface area contributed by atoms with Gasteiger partial charge in [-0.05, 0) is 37.1 Å². The van der Waals surface area contributed by atoms with Gasteiger partial charge in [-0.2, -0.15) is 0 Å². The molecule has 3 rings (SSSR count). The molecule has 2 N–H and O–H groups in total. The first-order chi connectivity index (χ1) is 10.0. The van der Waals surface area contributed by atoms with Gasteiger partial charge in [-0.1, -0.05) is 0 Å². The second-order valence-electron chi connectivity index (χ2n) is 4.70. The van der Waals surface area contributed by atoms with E-state index < -0.39 is 15.9 Å². The molecule has 0 spiro atoms. The number of pyridine rings is 1. The molecule has 2 heterocycles. The number of rotatable bonds is 5. The van der Waals surface area contributed by atoms with Crippen molar-refractivity contribution in [1.29, 1.82) is 0 Å². The maximum absolute atomic E-state index is 11.9. The maximum atomic E-state index is 11.9. The zero-order valence-corrected chi connectivity index (χ0v) is 11.8. The summed E-state index contributed by atoms with van der Waals surface area (Å²) in [7, 11) is -3.69. The van der Waals surface area contributed by atoms with Crippen molar-refractivity contribution < 1.29 is 17.6 Å². The van der Waals surface area contributed by atoms with Gasteiger partial charge in [0.05, 0.1) is 0 Å². The minimum Gasteiger partial charge on any atom is -0.438 e. The molecule has 0 bridgehead atoms. The molecular weight excluding hydrogens is 294 g/mol. The third-order valence-corrected chi connectivity index (χ3v) is 4.30. The molecule has 0 unspecified atom stereocenters. The van der Waals surface area contributed by atoms with Crippen LogP contribution in [0.2, 0.25) is 0 Å². The predicted octanol–water partition coefficient (Wildman–Crippen LogP) is 1.37. The van der Waals surface area contributed by atoms with Crippen LogP contribution in [0.15, 0.2) is 46.2 Å². The first-order valence-electron chi connectivity index (χ1n) is 6.38. The fourth-order valence-electron chi connectivity index (χ4n) is 1.69. The Morgan fingerprint density at radius 2 is 1.90 bits per heavy atom. The highest BCUT2D eigenvalue weighted by Gasteiger charge is 2.30. The number of nitrogens with one attached hydrogen (secondary N) is 2. The minimum absolute atomic E-state index is 0.0193. The predicted molar refractivity (Wildman–Crippen MR) is 74.2 cm³/mol. The van der Waals surface area contributed by atoms with Crippen LogP contribution in [0, 0.1) is 0 Å². The molecule has 0 atom stereocenters. The Morgan fingerprint density at radius 3 is 2.57 bits per heavy atom. The Morgan fingerprint density at radius 1 is 1.19 bits per heavy atom. The molecule has 1 fully saturated rings.